The average Bonchev–Trinajstić information content (AvgIpc) is 2.56. The number of hydrogen-bond donors (Lipinski definition) is 1. The number of hydrazone groups is 1. The summed E-state index contributed by atoms with van der Waals surface area (Å²) in [6, 6.07) is 11.5. The van der Waals surface area contributed by atoms with Gasteiger partial charge in [0.2, 0.25) is 0 Å². The van der Waals surface area contributed by atoms with E-state index in [0.717, 1.165) is 27.9 Å². The fourth-order valence-corrected chi connectivity index (χ4v) is 2.11. The van der Waals surface area contributed by atoms with Gasteiger partial charge in [0, 0.05) is 30.0 Å². The van der Waals surface area contributed by atoms with Gasteiger partial charge in [0.15, 0.2) is 0 Å². The highest BCUT2D eigenvalue weighted by Crippen LogP contribution is 2.25. The molecule has 2 aromatic heterocycles. The maximum absolute atomic E-state index is 5.50. The van der Waals surface area contributed by atoms with E-state index in [1.807, 2.05) is 43.3 Å². The van der Waals surface area contributed by atoms with Crippen LogP contribution in [-0.2, 0) is 0 Å². The molecule has 0 atom stereocenters. The van der Waals surface area contributed by atoms with Crippen LogP contribution in [-0.4, -0.2) is 22.8 Å². The number of rotatable bonds is 5. The molecule has 0 radical (unpaired) electrons. The Kier molecular flexibility index (Phi) is 4.25. The van der Waals surface area contributed by atoms with Crippen LogP contribution in [0.3, 0.4) is 0 Å². The van der Waals surface area contributed by atoms with Crippen LogP contribution in [0.15, 0.2) is 60.1 Å². The molecule has 0 bridgehead atoms. The van der Waals surface area contributed by atoms with Gasteiger partial charge in [-0.1, -0.05) is 0 Å². The van der Waals surface area contributed by atoms with Gasteiger partial charge in [0.25, 0.3) is 0 Å². The van der Waals surface area contributed by atoms with Crippen molar-refractivity contribution in [1.29, 1.82) is 0 Å². The summed E-state index contributed by atoms with van der Waals surface area (Å²) >= 11 is 0. The summed E-state index contributed by atoms with van der Waals surface area (Å²) in [6.45, 7) is 2.60. The fourth-order valence-electron chi connectivity index (χ4n) is 2.11. The van der Waals surface area contributed by atoms with Crippen LogP contribution in [0.2, 0.25) is 0 Å². The average molecular weight is 292 g/mol. The van der Waals surface area contributed by atoms with Crippen molar-refractivity contribution in [3.63, 3.8) is 0 Å². The number of nitrogens with one attached hydrogen (secondary N) is 1. The predicted octanol–water partition coefficient (Wildman–Crippen LogP) is 3.47. The lowest BCUT2D eigenvalue weighted by Crippen LogP contribution is -1.94. The summed E-state index contributed by atoms with van der Waals surface area (Å²) in [4.78, 5) is 8.34. The lowest BCUT2D eigenvalue weighted by molar-refractivity contribution is 0.340. The third kappa shape index (κ3) is 3.20. The minimum absolute atomic E-state index is 0.639. The van der Waals surface area contributed by atoms with Gasteiger partial charge < -0.3 is 4.74 Å². The highest BCUT2D eigenvalue weighted by atomic mass is 16.5. The summed E-state index contributed by atoms with van der Waals surface area (Å²) in [5.41, 5.74) is 5.81. The normalized spacial score (nSPS) is 11.0. The van der Waals surface area contributed by atoms with Crippen molar-refractivity contribution in [2.45, 2.75) is 6.92 Å². The number of fused-ring (bicyclic) bond motifs is 1. The molecule has 1 aromatic carbocycles. The van der Waals surface area contributed by atoms with Crippen LogP contribution >= 0.6 is 0 Å². The number of benzene rings is 1. The Morgan fingerprint density at radius 3 is 2.82 bits per heavy atom. The van der Waals surface area contributed by atoms with Gasteiger partial charge in [-0.2, -0.15) is 5.10 Å². The number of pyridine rings is 2. The minimum Gasteiger partial charge on any atom is -0.494 e. The molecule has 3 rings (SSSR count). The summed E-state index contributed by atoms with van der Waals surface area (Å²) < 4.78 is 5.50. The molecule has 0 saturated heterocycles. The molecule has 22 heavy (non-hydrogen) atoms. The molecule has 0 unspecified atom stereocenters. The van der Waals surface area contributed by atoms with E-state index in [2.05, 4.69) is 20.5 Å². The molecular formula is C17H16N4O. The second kappa shape index (κ2) is 6.67. The maximum atomic E-state index is 5.50. The van der Waals surface area contributed by atoms with Gasteiger partial charge in [-0.25, -0.2) is 0 Å². The highest BCUT2D eigenvalue weighted by molar-refractivity contribution is 5.92. The zero-order valence-corrected chi connectivity index (χ0v) is 12.2. The first kappa shape index (κ1) is 14.0. The van der Waals surface area contributed by atoms with Crippen molar-refractivity contribution in [2.24, 2.45) is 5.10 Å². The second-order valence-electron chi connectivity index (χ2n) is 4.62. The van der Waals surface area contributed by atoms with E-state index in [9.17, 15) is 0 Å². The Balaban J connectivity index is 1.83. The molecule has 2 heterocycles. The number of ether oxygens (including phenoxy) is 1. The molecular weight excluding hydrogens is 276 g/mol. The molecule has 0 spiro atoms. The second-order valence-corrected chi connectivity index (χ2v) is 4.62. The summed E-state index contributed by atoms with van der Waals surface area (Å²) in [5.74, 6) is 0.819. The van der Waals surface area contributed by atoms with Crippen molar-refractivity contribution in [2.75, 3.05) is 12.0 Å². The molecule has 0 amide bonds. The summed E-state index contributed by atoms with van der Waals surface area (Å²) in [7, 11) is 0. The van der Waals surface area contributed by atoms with Gasteiger partial charge in [-0.15, -0.1) is 0 Å². The molecule has 0 saturated carbocycles. The minimum atomic E-state index is 0.639. The SMILES string of the molecule is CCOc1ccc2c(N/N=C/c3ccncc3)ccnc2c1. The van der Waals surface area contributed by atoms with E-state index in [1.54, 1.807) is 24.8 Å². The van der Waals surface area contributed by atoms with Gasteiger partial charge in [-0.3, -0.25) is 15.4 Å². The Morgan fingerprint density at radius 1 is 1.14 bits per heavy atom. The van der Waals surface area contributed by atoms with E-state index >= 15 is 0 Å². The first-order valence-electron chi connectivity index (χ1n) is 7.07. The first-order chi connectivity index (χ1) is 10.9. The van der Waals surface area contributed by atoms with Gasteiger partial charge >= 0.3 is 0 Å². The highest BCUT2D eigenvalue weighted by Gasteiger charge is 2.02. The molecule has 1 N–H and O–H groups in total. The van der Waals surface area contributed by atoms with Crippen molar-refractivity contribution >= 4 is 22.8 Å². The maximum Gasteiger partial charge on any atom is 0.121 e. The van der Waals surface area contributed by atoms with Crippen LogP contribution in [0.25, 0.3) is 10.9 Å². The smallest absolute Gasteiger partial charge is 0.121 e. The summed E-state index contributed by atoms with van der Waals surface area (Å²) in [5, 5.41) is 5.26. The molecule has 0 fully saturated rings. The number of nitrogens with zero attached hydrogens (tertiary/aromatic N) is 3. The number of anilines is 1. The molecule has 110 valence electrons. The van der Waals surface area contributed by atoms with Crippen LogP contribution in [0.4, 0.5) is 5.69 Å². The van der Waals surface area contributed by atoms with E-state index in [1.165, 1.54) is 0 Å². The van der Waals surface area contributed by atoms with Crippen LogP contribution in [0, 0.1) is 0 Å². The van der Waals surface area contributed by atoms with Crippen molar-refractivity contribution < 1.29 is 4.74 Å². The Morgan fingerprint density at radius 2 is 2.00 bits per heavy atom. The number of aromatic nitrogens is 2. The molecule has 3 aromatic rings. The Labute approximate surface area is 128 Å². The molecule has 0 aliphatic rings. The Bertz CT molecular complexity index is 787. The predicted molar refractivity (Wildman–Crippen MR) is 88.4 cm³/mol. The molecule has 5 nitrogen and oxygen atoms in total. The lowest BCUT2D eigenvalue weighted by Gasteiger charge is -2.07. The summed E-state index contributed by atoms with van der Waals surface area (Å²) in [6.07, 6.45) is 6.97. The van der Waals surface area contributed by atoms with Gasteiger partial charge in [-0.05, 0) is 42.8 Å². The van der Waals surface area contributed by atoms with E-state index in [-0.39, 0.29) is 0 Å². The van der Waals surface area contributed by atoms with Crippen molar-refractivity contribution in [3.8, 4) is 5.75 Å². The van der Waals surface area contributed by atoms with Crippen LogP contribution in [0.1, 0.15) is 12.5 Å². The monoisotopic (exact) mass is 292 g/mol. The lowest BCUT2D eigenvalue weighted by atomic mass is 10.2. The van der Waals surface area contributed by atoms with Gasteiger partial charge in [0.05, 0.1) is 24.0 Å². The molecule has 0 aliphatic heterocycles. The third-order valence-corrected chi connectivity index (χ3v) is 3.13. The molecule has 0 aliphatic carbocycles. The first-order valence-corrected chi connectivity index (χ1v) is 7.07. The number of hydrogen-bond acceptors (Lipinski definition) is 5. The van der Waals surface area contributed by atoms with E-state index in [4.69, 9.17) is 4.74 Å². The van der Waals surface area contributed by atoms with Crippen molar-refractivity contribution in [3.05, 3.63) is 60.6 Å². The fraction of sp³-hybridized carbons (Fsp3) is 0.118. The Hall–Kier alpha value is -2.95. The molecule has 5 heteroatoms. The quantitative estimate of drug-likeness (QED) is 0.578. The van der Waals surface area contributed by atoms with E-state index in [0.29, 0.717) is 6.61 Å². The van der Waals surface area contributed by atoms with Crippen molar-refractivity contribution in [1.82, 2.24) is 9.97 Å². The third-order valence-electron chi connectivity index (χ3n) is 3.13. The zero-order chi connectivity index (χ0) is 15.2. The largest absolute Gasteiger partial charge is 0.494 e. The van der Waals surface area contributed by atoms with Gasteiger partial charge in [0.1, 0.15) is 5.75 Å². The standard InChI is InChI=1S/C17H16N4O/c1-2-22-14-3-4-15-16(7-10-19-17(15)11-14)21-20-12-13-5-8-18-9-6-13/h3-12H,2H2,1H3,(H,19,21)/b20-12+. The van der Waals surface area contributed by atoms with Crippen LogP contribution < -0.4 is 10.2 Å². The van der Waals surface area contributed by atoms with Crippen LogP contribution in [0.5, 0.6) is 5.75 Å². The van der Waals surface area contributed by atoms with E-state index < -0.39 is 0 Å². The zero-order valence-electron chi connectivity index (χ0n) is 12.2. The topological polar surface area (TPSA) is 59.4 Å².